The number of carbonyl (C=O) groups excluding carboxylic acids is 1. The van der Waals surface area contributed by atoms with E-state index in [1.54, 1.807) is 18.5 Å². The highest BCUT2D eigenvalue weighted by Crippen LogP contribution is 2.18. The molecule has 110 valence electrons. The maximum Gasteiger partial charge on any atom is 0.256 e. The largest absolute Gasteiger partial charge is 0.366 e. The molecule has 2 aromatic heterocycles. The van der Waals surface area contributed by atoms with Gasteiger partial charge in [0.15, 0.2) is 5.82 Å². The van der Waals surface area contributed by atoms with Crippen LogP contribution in [0.25, 0.3) is 11.3 Å². The molecular weight excluding hydrogens is 270 g/mol. The van der Waals surface area contributed by atoms with Crippen molar-refractivity contribution in [3.63, 3.8) is 0 Å². The van der Waals surface area contributed by atoms with Gasteiger partial charge >= 0.3 is 0 Å². The van der Waals surface area contributed by atoms with Crippen LogP contribution in [0.15, 0.2) is 30.6 Å². The molecule has 7 nitrogen and oxygen atoms in total. The van der Waals surface area contributed by atoms with Gasteiger partial charge < -0.3 is 15.0 Å². The first-order valence-corrected chi connectivity index (χ1v) is 6.79. The van der Waals surface area contributed by atoms with E-state index in [1.807, 2.05) is 19.2 Å². The van der Waals surface area contributed by atoms with Crippen LogP contribution in [0.1, 0.15) is 0 Å². The van der Waals surface area contributed by atoms with Gasteiger partial charge in [0.1, 0.15) is 6.10 Å². The highest BCUT2D eigenvalue weighted by molar-refractivity contribution is 5.94. The van der Waals surface area contributed by atoms with Crippen LogP contribution >= 0.6 is 0 Å². The third-order valence-corrected chi connectivity index (χ3v) is 3.38. The van der Waals surface area contributed by atoms with E-state index in [4.69, 9.17) is 4.74 Å². The van der Waals surface area contributed by atoms with Crippen molar-refractivity contribution in [3.05, 3.63) is 30.6 Å². The molecule has 21 heavy (non-hydrogen) atoms. The second-order valence-electron chi connectivity index (χ2n) is 5.01. The normalized spacial score (nSPS) is 19.4. The van der Waals surface area contributed by atoms with Gasteiger partial charge in [-0.25, -0.2) is 0 Å². The molecule has 1 fully saturated rings. The Kier molecular flexibility index (Phi) is 3.94. The molecule has 1 unspecified atom stereocenters. The minimum Gasteiger partial charge on any atom is -0.366 e. The van der Waals surface area contributed by atoms with Crippen LogP contribution in [0.5, 0.6) is 0 Å². The Morgan fingerprint density at radius 2 is 2.29 bits per heavy atom. The van der Waals surface area contributed by atoms with Crippen molar-refractivity contribution in [3.8, 4) is 11.3 Å². The van der Waals surface area contributed by atoms with Crippen LogP contribution in [0.3, 0.4) is 0 Å². The van der Waals surface area contributed by atoms with E-state index in [0.717, 1.165) is 17.8 Å². The molecule has 0 aromatic carbocycles. The fourth-order valence-corrected chi connectivity index (χ4v) is 2.21. The number of carbonyl (C=O) groups is 1. The SMILES string of the molecule is CN1CCOC(C(=O)Nc2cc(-c3ccncc3)[nH]n2)C1. The number of nitrogens with zero attached hydrogens (tertiary/aromatic N) is 3. The molecule has 3 rings (SSSR count). The van der Waals surface area contributed by atoms with Gasteiger partial charge in [-0.3, -0.25) is 14.9 Å². The van der Waals surface area contributed by atoms with Crippen LogP contribution in [0.4, 0.5) is 5.82 Å². The lowest BCUT2D eigenvalue weighted by molar-refractivity contribution is -0.132. The summed E-state index contributed by atoms with van der Waals surface area (Å²) in [6, 6.07) is 5.54. The third kappa shape index (κ3) is 3.26. The zero-order valence-electron chi connectivity index (χ0n) is 11.7. The first kappa shape index (κ1) is 13.7. The fourth-order valence-electron chi connectivity index (χ4n) is 2.21. The smallest absolute Gasteiger partial charge is 0.256 e. The summed E-state index contributed by atoms with van der Waals surface area (Å²) in [5.74, 6) is 0.318. The highest BCUT2D eigenvalue weighted by Gasteiger charge is 2.25. The number of hydrogen-bond acceptors (Lipinski definition) is 5. The molecule has 2 N–H and O–H groups in total. The van der Waals surface area contributed by atoms with Gasteiger partial charge in [0.05, 0.1) is 12.3 Å². The highest BCUT2D eigenvalue weighted by atomic mass is 16.5. The van der Waals surface area contributed by atoms with Crippen molar-refractivity contribution < 1.29 is 9.53 Å². The van der Waals surface area contributed by atoms with Crippen LogP contribution in [-0.4, -0.2) is 58.8 Å². The van der Waals surface area contributed by atoms with Crippen LogP contribution in [-0.2, 0) is 9.53 Å². The molecule has 7 heteroatoms. The van der Waals surface area contributed by atoms with E-state index in [1.165, 1.54) is 0 Å². The molecule has 1 atom stereocenters. The number of morpholine rings is 1. The number of ether oxygens (including phenoxy) is 1. The summed E-state index contributed by atoms with van der Waals surface area (Å²) in [6.07, 6.45) is 2.96. The molecule has 2 aromatic rings. The minimum atomic E-state index is -0.454. The maximum atomic E-state index is 12.1. The average molecular weight is 287 g/mol. The van der Waals surface area contributed by atoms with Crippen molar-refractivity contribution in [1.82, 2.24) is 20.1 Å². The molecule has 1 saturated heterocycles. The second-order valence-corrected chi connectivity index (χ2v) is 5.01. The number of amides is 1. The topological polar surface area (TPSA) is 83.1 Å². The Balaban J connectivity index is 1.66. The van der Waals surface area contributed by atoms with E-state index in [9.17, 15) is 4.79 Å². The second kappa shape index (κ2) is 6.02. The lowest BCUT2D eigenvalue weighted by Crippen LogP contribution is -2.46. The Bertz CT molecular complexity index is 613. The van der Waals surface area contributed by atoms with Crippen LogP contribution in [0, 0.1) is 0 Å². The lowest BCUT2D eigenvalue weighted by Gasteiger charge is -2.28. The van der Waals surface area contributed by atoms with Crippen molar-refractivity contribution in [2.75, 3.05) is 32.1 Å². The Hall–Kier alpha value is -2.25. The van der Waals surface area contributed by atoms with Crippen molar-refractivity contribution in [2.24, 2.45) is 0 Å². The summed E-state index contributed by atoms with van der Waals surface area (Å²) in [4.78, 5) is 18.2. The Morgan fingerprint density at radius 1 is 1.48 bits per heavy atom. The molecular formula is C14H17N5O2. The number of likely N-dealkylation sites (N-methyl/N-ethyl adjacent to an activating group) is 1. The van der Waals surface area contributed by atoms with Gasteiger partial charge in [0, 0.05) is 37.1 Å². The first-order valence-electron chi connectivity index (χ1n) is 6.79. The van der Waals surface area contributed by atoms with Gasteiger partial charge in [0.25, 0.3) is 5.91 Å². The number of nitrogens with one attached hydrogen (secondary N) is 2. The Morgan fingerprint density at radius 3 is 3.05 bits per heavy atom. The van der Waals surface area contributed by atoms with Crippen molar-refractivity contribution >= 4 is 11.7 Å². The number of anilines is 1. The quantitative estimate of drug-likeness (QED) is 0.870. The van der Waals surface area contributed by atoms with Gasteiger partial charge in [-0.05, 0) is 19.2 Å². The van der Waals surface area contributed by atoms with Gasteiger partial charge in [-0.2, -0.15) is 5.10 Å². The first-order chi connectivity index (χ1) is 10.2. The van der Waals surface area contributed by atoms with E-state index in [0.29, 0.717) is 19.0 Å². The van der Waals surface area contributed by atoms with Gasteiger partial charge in [0.2, 0.25) is 0 Å². The van der Waals surface area contributed by atoms with Crippen LogP contribution in [0.2, 0.25) is 0 Å². The molecule has 0 bridgehead atoms. The summed E-state index contributed by atoms with van der Waals surface area (Å²) < 4.78 is 5.47. The standard InChI is InChI=1S/C14H17N5O2/c1-19-6-7-21-12(9-19)14(20)16-13-8-11(17-18-13)10-2-4-15-5-3-10/h2-5,8,12H,6-7,9H2,1H3,(H2,16,17,18,20). The molecule has 0 saturated carbocycles. The zero-order valence-corrected chi connectivity index (χ0v) is 11.7. The molecule has 3 heterocycles. The predicted octanol–water partition coefficient (Wildman–Crippen LogP) is 0.741. The summed E-state index contributed by atoms with van der Waals surface area (Å²) in [7, 11) is 1.97. The fraction of sp³-hybridized carbons (Fsp3) is 0.357. The van der Waals surface area contributed by atoms with E-state index in [2.05, 4.69) is 25.4 Å². The molecule has 0 radical (unpaired) electrons. The predicted molar refractivity (Wildman–Crippen MR) is 77.7 cm³/mol. The molecule has 0 spiro atoms. The zero-order chi connectivity index (χ0) is 14.7. The summed E-state index contributed by atoms with van der Waals surface area (Å²) in [6.45, 7) is 2.00. The summed E-state index contributed by atoms with van der Waals surface area (Å²) in [5.41, 5.74) is 1.79. The number of rotatable bonds is 3. The lowest BCUT2D eigenvalue weighted by atomic mass is 10.2. The maximum absolute atomic E-state index is 12.1. The van der Waals surface area contributed by atoms with E-state index >= 15 is 0 Å². The average Bonchev–Trinajstić information content (AvgIpc) is 2.97. The number of aromatic nitrogens is 3. The molecule has 1 aliphatic rings. The Labute approximate surface area is 122 Å². The monoisotopic (exact) mass is 287 g/mol. The third-order valence-electron chi connectivity index (χ3n) is 3.38. The molecule has 1 amide bonds. The number of aromatic amines is 1. The summed E-state index contributed by atoms with van der Waals surface area (Å²) >= 11 is 0. The van der Waals surface area contributed by atoms with E-state index < -0.39 is 6.10 Å². The number of H-pyrrole nitrogens is 1. The molecule has 0 aliphatic carbocycles. The van der Waals surface area contributed by atoms with Crippen LogP contribution < -0.4 is 5.32 Å². The summed E-state index contributed by atoms with van der Waals surface area (Å²) in [5, 5.41) is 9.77. The van der Waals surface area contributed by atoms with E-state index in [-0.39, 0.29) is 5.91 Å². The van der Waals surface area contributed by atoms with Crippen molar-refractivity contribution in [2.45, 2.75) is 6.10 Å². The van der Waals surface area contributed by atoms with Gasteiger partial charge in [-0.1, -0.05) is 0 Å². The van der Waals surface area contributed by atoms with Gasteiger partial charge in [-0.15, -0.1) is 0 Å². The molecule has 1 aliphatic heterocycles. The minimum absolute atomic E-state index is 0.172. The number of pyridine rings is 1. The van der Waals surface area contributed by atoms with Crippen molar-refractivity contribution in [1.29, 1.82) is 0 Å². The number of hydrogen-bond donors (Lipinski definition) is 2.